The molecule has 0 unspecified atom stereocenters. The number of benzene rings is 2. The number of halogens is 1. The van der Waals surface area contributed by atoms with Crippen LogP contribution in [0.3, 0.4) is 0 Å². The van der Waals surface area contributed by atoms with Gasteiger partial charge in [-0.2, -0.15) is 4.31 Å². The van der Waals surface area contributed by atoms with Crippen molar-refractivity contribution in [1.82, 2.24) is 9.21 Å². The normalized spacial score (nSPS) is 18.4. The average Bonchev–Trinajstić information content (AvgIpc) is 2.84. The van der Waals surface area contributed by atoms with Gasteiger partial charge in [0.05, 0.1) is 4.90 Å². The van der Waals surface area contributed by atoms with Gasteiger partial charge in [0.15, 0.2) is 5.78 Å². The average molecular weight is 490 g/mol. The van der Waals surface area contributed by atoms with Gasteiger partial charge in [-0.3, -0.25) is 9.59 Å². The Balaban J connectivity index is 1.32. The van der Waals surface area contributed by atoms with Crippen LogP contribution in [0.4, 0.5) is 5.69 Å². The zero-order valence-corrected chi connectivity index (χ0v) is 20.2. The maximum Gasteiger partial charge on any atom is 0.243 e. The van der Waals surface area contributed by atoms with Crippen molar-refractivity contribution < 1.29 is 18.0 Å². The Morgan fingerprint density at radius 3 is 2.15 bits per heavy atom. The second-order valence-corrected chi connectivity index (χ2v) is 10.9. The van der Waals surface area contributed by atoms with Gasteiger partial charge in [0, 0.05) is 61.5 Å². The van der Waals surface area contributed by atoms with Crippen LogP contribution in [0, 0.1) is 5.92 Å². The van der Waals surface area contributed by atoms with E-state index in [2.05, 4.69) is 4.90 Å². The minimum Gasteiger partial charge on any atom is -0.368 e. The fourth-order valence-electron chi connectivity index (χ4n) is 4.46. The molecule has 0 aliphatic carbocycles. The summed E-state index contributed by atoms with van der Waals surface area (Å²) in [5.74, 6) is -0.226. The molecule has 2 saturated heterocycles. The van der Waals surface area contributed by atoms with E-state index >= 15 is 0 Å². The van der Waals surface area contributed by atoms with E-state index in [0.717, 1.165) is 18.8 Å². The highest BCUT2D eigenvalue weighted by molar-refractivity contribution is 7.89. The fourth-order valence-corrected chi connectivity index (χ4v) is 6.10. The number of hydrogen-bond acceptors (Lipinski definition) is 5. The Kier molecular flexibility index (Phi) is 7.07. The Bertz CT molecular complexity index is 1120. The van der Waals surface area contributed by atoms with Gasteiger partial charge in [-0.05, 0) is 56.2 Å². The van der Waals surface area contributed by atoms with Gasteiger partial charge in [0.2, 0.25) is 15.9 Å². The zero-order valence-electron chi connectivity index (χ0n) is 18.6. The van der Waals surface area contributed by atoms with Crippen LogP contribution in [0.15, 0.2) is 53.4 Å². The van der Waals surface area contributed by atoms with E-state index in [0.29, 0.717) is 49.6 Å². The zero-order chi connectivity index (χ0) is 23.6. The lowest BCUT2D eigenvalue weighted by Crippen LogP contribution is -2.52. The van der Waals surface area contributed by atoms with Crippen molar-refractivity contribution in [3.05, 3.63) is 59.1 Å². The molecule has 2 heterocycles. The summed E-state index contributed by atoms with van der Waals surface area (Å²) in [7, 11) is -3.69. The highest BCUT2D eigenvalue weighted by Crippen LogP contribution is 2.27. The largest absolute Gasteiger partial charge is 0.368 e. The predicted octanol–water partition coefficient (Wildman–Crippen LogP) is 3.29. The Hall–Kier alpha value is -2.42. The quantitative estimate of drug-likeness (QED) is 0.602. The van der Waals surface area contributed by atoms with E-state index in [4.69, 9.17) is 11.6 Å². The minimum atomic E-state index is -3.69. The molecule has 0 spiro atoms. The van der Waals surface area contributed by atoms with Crippen molar-refractivity contribution in [2.45, 2.75) is 24.7 Å². The third-order valence-corrected chi connectivity index (χ3v) is 8.61. The van der Waals surface area contributed by atoms with Crippen LogP contribution in [0.5, 0.6) is 0 Å². The number of piperidine rings is 1. The predicted molar refractivity (Wildman–Crippen MR) is 128 cm³/mol. The van der Waals surface area contributed by atoms with Gasteiger partial charge < -0.3 is 9.80 Å². The molecule has 4 rings (SSSR count). The third-order valence-electron chi connectivity index (χ3n) is 6.46. The van der Waals surface area contributed by atoms with E-state index in [1.54, 1.807) is 12.1 Å². The molecule has 0 atom stereocenters. The molecule has 2 aromatic carbocycles. The Morgan fingerprint density at radius 2 is 1.55 bits per heavy atom. The molecule has 0 aromatic heterocycles. The number of carbonyl (C=O) groups excluding carboxylic acids is 2. The van der Waals surface area contributed by atoms with Crippen LogP contribution in [-0.4, -0.2) is 68.6 Å². The Labute approximate surface area is 200 Å². The molecule has 33 heavy (non-hydrogen) atoms. The second-order valence-electron chi connectivity index (χ2n) is 8.55. The number of nitrogens with zero attached hydrogens (tertiary/aromatic N) is 3. The number of rotatable bonds is 5. The number of piperazine rings is 1. The van der Waals surface area contributed by atoms with E-state index < -0.39 is 10.0 Å². The molecule has 0 N–H and O–H groups in total. The molecule has 0 radical (unpaired) electrons. The molecule has 176 valence electrons. The first-order valence-corrected chi connectivity index (χ1v) is 13.0. The summed E-state index contributed by atoms with van der Waals surface area (Å²) in [6.45, 7) is 4.83. The lowest BCUT2D eigenvalue weighted by atomic mass is 9.96. The van der Waals surface area contributed by atoms with Crippen LogP contribution in [-0.2, 0) is 14.8 Å². The molecule has 2 aromatic rings. The molecular weight excluding hydrogens is 462 g/mol. The number of carbonyl (C=O) groups is 2. The maximum atomic E-state index is 13.1. The van der Waals surface area contributed by atoms with Crippen LogP contribution < -0.4 is 4.90 Å². The van der Waals surface area contributed by atoms with Crippen molar-refractivity contribution in [3.63, 3.8) is 0 Å². The number of sulfonamides is 1. The molecule has 9 heteroatoms. The summed E-state index contributed by atoms with van der Waals surface area (Å²) in [5.41, 5.74) is 1.47. The topological polar surface area (TPSA) is 78.0 Å². The van der Waals surface area contributed by atoms with Gasteiger partial charge in [-0.25, -0.2) is 8.42 Å². The van der Waals surface area contributed by atoms with Crippen molar-refractivity contribution in [3.8, 4) is 0 Å². The van der Waals surface area contributed by atoms with Crippen molar-refractivity contribution >= 4 is 39.0 Å². The van der Waals surface area contributed by atoms with Crippen LogP contribution in [0.25, 0.3) is 0 Å². The number of Topliss-reactive ketones (excluding diaryl/α,β-unsaturated/α-hetero) is 1. The van der Waals surface area contributed by atoms with Crippen molar-refractivity contribution in [2.24, 2.45) is 5.92 Å². The van der Waals surface area contributed by atoms with Gasteiger partial charge in [-0.1, -0.05) is 23.7 Å². The second kappa shape index (κ2) is 9.83. The summed E-state index contributed by atoms with van der Waals surface area (Å²) < 4.78 is 27.5. The molecule has 0 saturated carbocycles. The van der Waals surface area contributed by atoms with Gasteiger partial charge in [-0.15, -0.1) is 0 Å². The smallest absolute Gasteiger partial charge is 0.243 e. The lowest BCUT2D eigenvalue weighted by Gasteiger charge is -2.39. The van der Waals surface area contributed by atoms with E-state index in [-0.39, 0.29) is 22.5 Å². The maximum absolute atomic E-state index is 13.1. The molecule has 0 bridgehead atoms. The first-order valence-electron chi connectivity index (χ1n) is 11.2. The van der Waals surface area contributed by atoms with Gasteiger partial charge in [0.25, 0.3) is 0 Å². The lowest BCUT2D eigenvalue weighted by molar-refractivity contribution is -0.137. The van der Waals surface area contributed by atoms with Crippen molar-refractivity contribution in [2.75, 3.05) is 44.2 Å². The number of ketones is 1. The number of anilines is 1. The summed E-state index contributed by atoms with van der Waals surface area (Å²) in [6, 6.07) is 13.8. The van der Waals surface area contributed by atoms with E-state index in [1.165, 1.54) is 23.4 Å². The SMILES string of the molecule is CC(=O)c1cccc(S(=O)(=O)N2CCC(C(=O)N3CCN(c4ccc(Cl)cc4)CC3)CC2)c1. The first-order chi connectivity index (χ1) is 15.8. The molecule has 2 fully saturated rings. The van der Waals surface area contributed by atoms with Gasteiger partial charge >= 0.3 is 0 Å². The highest BCUT2D eigenvalue weighted by atomic mass is 35.5. The van der Waals surface area contributed by atoms with E-state index in [1.807, 2.05) is 29.2 Å². The number of amides is 1. The van der Waals surface area contributed by atoms with Crippen LogP contribution in [0.2, 0.25) is 5.02 Å². The standard InChI is InChI=1S/C24H28ClN3O4S/c1-18(29)20-3-2-4-23(17-20)33(31,32)28-11-9-19(10-12-28)24(30)27-15-13-26(14-16-27)22-7-5-21(25)6-8-22/h2-8,17,19H,9-16H2,1H3. The summed E-state index contributed by atoms with van der Waals surface area (Å²) in [4.78, 5) is 29.0. The van der Waals surface area contributed by atoms with Crippen LogP contribution >= 0.6 is 11.6 Å². The highest BCUT2D eigenvalue weighted by Gasteiger charge is 2.34. The first kappa shape index (κ1) is 23.7. The summed E-state index contributed by atoms with van der Waals surface area (Å²) >= 11 is 5.97. The molecule has 7 nitrogen and oxygen atoms in total. The minimum absolute atomic E-state index is 0.112. The van der Waals surface area contributed by atoms with Crippen molar-refractivity contribution in [1.29, 1.82) is 0 Å². The Morgan fingerprint density at radius 1 is 0.909 bits per heavy atom. The molecular formula is C24H28ClN3O4S. The van der Waals surface area contributed by atoms with E-state index in [9.17, 15) is 18.0 Å². The summed E-state index contributed by atoms with van der Waals surface area (Å²) in [5, 5.41) is 0.701. The number of hydrogen-bond donors (Lipinski definition) is 0. The third kappa shape index (κ3) is 5.23. The molecule has 2 aliphatic heterocycles. The monoisotopic (exact) mass is 489 g/mol. The van der Waals surface area contributed by atoms with Gasteiger partial charge in [0.1, 0.15) is 0 Å². The summed E-state index contributed by atoms with van der Waals surface area (Å²) in [6.07, 6.45) is 1.00. The molecule has 2 aliphatic rings. The fraction of sp³-hybridized carbons (Fsp3) is 0.417. The molecule has 1 amide bonds. The van der Waals surface area contributed by atoms with Crippen LogP contribution in [0.1, 0.15) is 30.1 Å².